The first-order chi connectivity index (χ1) is 12.9. The zero-order valence-electron chi connectivity index (χ0n) is 16.8. The van der Waals surface area contributed by atoms with Crippen molar-refractivity contribution in [1.29, 1.82) is 0 Å². The lowest BCUT2D eigenvalue weighted by Gasteiger charge is -2.46. The van der Waals surface area contributed by atoms with Crippen molar-refractivity contribution in [3.63, 3.8) is 0 Å². The van der Waals surface area contributed by atoms with E-state index in [1.807, 2.05) is 0 Å². The molecule has 0 bridgehead atoms. The van der Waals surface area contributed by atoms with Crippen molar-refractivity contribution in [3.8, 4) is 0 Å². The molecule has 1 aliphatic rings. The minimum Gasteiger partial charge on any atom is -0.407 e. The summed E-state index contributed by atoms with van der Waals surface area (Å²) in [5.74, 6) is 0.681. The van der Waals surface area contributed by atoms with Gasteiger partial charge >= 0.3 is 0 Å². The normalized spacial score (nSPS) is 21.3. The molecule has 0 heterocycles. The summed E-state index contributed by atoms with van der Waals surface area (Å²) in [7, 11) is -2.48. The third-order valence-electron chi connectivity index (χ3n) is 6.09. The van der Waals surface area contributed by atoms with E-state index < -0.39 is 14.4 Å². The maximum Gasteiger partial charge on any atom is 0.261 e. The molecule has 2 aromatic carbocycles. The molecule has 2 nitrogen and oxygen atoms in total. The number of hydrogen-bond acceptors (Lipinski definition) is 2. The Morgan fingerprint density at radius 1 is 1.04 bits per heavy atom. The fraction of sp³-hybridized carbons (Fsp3) is 0.417. The van der Waals surface area contributed by atoms with Gasteiger partial charge in [-0.05, 0) is 40.1 Å². The summed E-state index contributed by atoms with van der Waals surface area (Å²) >= 11 is 0. The van der Waals surface area contributed by atoms with Gasteiger partial charge in [-0.1, -0.05) is 87.5 Å². The molecule has 0 aromatic heterocycles. The van der Waals surface area contributed by atoms with Crippen LogP contribution in [0.2, 0.25) is 5.04 Å². The quantitative estimate of drug-likeness (QED) is 0.578. The lowest BCUT2D eigenvalue weighted by atomic mass is 9.71. The van der Waals surface area contributed by atoms with Gasteiger partial charge in [0.05, 0.1) is 6.10 Å². The average molecular weight is 381 g/mol. The summed E-state index contributed by atoms with van der Waals surface area (Å²) in [6, 6.07) is 21.5. The second-order valence-corrected chi connectivity index (χ2v) is 13.0. The number of aliphatic hydroxyl groups is 1. The number of rotatable bonds is 7. The van der Waals surface area contributed by atoms with Crippen LogP contribution in [-0.4, -0.2) is 26.1 Å². The van der Waals surface area contributed by atoms with E-state index in [0.29, 0.717) is 12.5 Å². The summed E-state index contributed by atoms with van der Waals surface area (Å²) < 4.78 is 6.99. The van der Waals surface area contributed by atoms with Crippen LogP contribution < -0.4 is 10.4 Å². The van der Waals surface area contributed by atoms with E-state index in [1.54, 1.807) is 6.08 Å². The van der Waals surface area contributed by atoms with Gasteiger partial charge in [-0.3, -0.25) is 0 Å². The predicted molar refractivity (Wildman–Crippen MR) is 116 cm³/mol. The van der Waals surface area contributed by atoms with Gasteiger partial charge in [-0.15, -0.1) is 6.58 Å². The Hall–Kier alpha value is -1.68. The molecule has 0 saturated heterocycles. The summed E-state index contributed by atoms with van der Waals surface area (Å²) in [6.45, 7) is 11.4. The van der Waals surface area contributed by atoms with Crippen LogP contribution in [-0.2, 0) is 4.43 Å². The lowest BCUT2D eigenvalue weighted by Crippen LogP contribution is -2.67. The SMILES string of the molecule is C=CC(O)[C@@H]1CC[C@H]1CO[Si](c1ccccc1)(c1ccccc1)C(C)(C)C. The van der Waals surface area contributed by atoms with Crippen molar-refractivity contribution >= 4 is 18.7 Å². The van der Waals surface area contributed by atoms with Crippen molar-refractivity contribution in [2.24, 2.45) is 11.8 Å². The lowest BCUT2D eigenvalue weighted by molar-refractivity contribution is 0.0153. The summed E-state index contributed by atoms with van der Waals surface area (Å²) in [6.07, 6.45) is 3.42. The van der Waals surface area contributed by atoms with E-state index >= 15 is 0 Å². The van der Waals surface area contributed by atoms with E-state index in [-0.39, 0.29) is 11.0 Å². The molecule has 1 fully saturated rings. The first-order valence-electron chi connectivity index (χ1n) is 9.96. The molecule has 0 amide bonds. The monoisotopic (exact) mass is 380 g/mol. The van der Waals surface area contributed by atoms with Crippen LogP contribution in [0.15, 0.2) is 73.3 Å². The molecule has 2 aromatic rings. The van der Waals surface area contributed by atoms with Crippen molar-refractivity contribution in [2.45, 2.75) is 44.8 Å². The van der Waals surface area contributed by atoms with Crippen LogP contribution >= 0.6 is 0 Å². The van der Waals surface area contributed by atoms with E-state index in [4.69, 9.17) is 4.43 Å². The molecule has 3 atom stereocenters. The summed E-state index contributed by atoms with van der Waals surface area (Å²) in [5, 5.41) is 12.8. The largest absolute Gasteiger partial charge is 0.407 e. The number of benzene rings is 2. The zero-order chi connectivity index (χ0) is 19.5. The van der Waals surface area contributed by atoms with Gasteiger partial charge in [-0.2, -0.15) is 0 Å². The molecule has 144 valence electrons. The molecule has 0 spiro atoms. The molecule has 3 rings (SSSR count). The van der Waals surface area contributed by atoms with E-state index in [1.165, 1.54) is 10.4 Å². The molecule has 0 radical (unpaired) electrons. The Labute approximate surface area is 165 Å². The first kappa shape index (κ1) is 20.1. The minimum atomic E-state index is -2.48. The summed E-state index contributed by atoms with van der Waals surface area (Å²) in [4.78, 5) is 0. The van der Waals surface area contributed by atoms with Crippen molar-refractivity contribution in [1.82, 2.24) is 0 Å². The van der Waals surface area contributed by atoms with Crippen LogP contribution in [0, 0.1) is 11.8 Å². The van der Waals surface area contributed by atoms with Gasteiger partial charge in [-0.25, -0.2) is 0 Å². The topological polar surface area (TPSA) is 29.5 Å². The first-order valence-corrected chi connectivity index (χ1v) is 11.9. The highest BCUT2D eigenvalue weighted by atomic mass is 28.4. The Kier molecular flexibility index (Phi) is 6.04. The van der Waals surface area contributed by atoms with Gasteiger partial charge in [0.2, 0.25) is 0 Å². The van der Waals surface area contributed by atoms with E-state index in [9.17, 15) is 5.11 Å². The predicted octanol–water partition coefficient (Wildman–Crippen LogP) is 4.14. The molecule has 1 aliphatic carbocycles. The fourth-order valence-corrected chi connectivity index (χ4v) is 9.04. The van der Waals surface area contributed by atoms with Gasteiger partial charge in [0.15, 0.2) is 0 Å². The van der Waals surface area contributed by atoms with Crippen molar-refractivity contribution in [3.05, 3.63) is 73.3 Å². The molecular formula is C24H32O2Si. The number of aliphatic hydroxyl groups excluding tert-OH is 1. The molecule has 3 heteroatoms. The van der Waals surface area contributed by atoms with Crippen molar-refractivity contribution in [2.75, 3.05) is 6.61 Å². The van der Waals surface area contributed by atoms with Crippen LogP contribution in [0.5, 0.6) is 0 Å². The van der Waals surface area contributed by atoms with Crippen LogP contribution in [0.25, 0.3) is 0 Å². The Morgan fingerprint density at radius 2 is 1.56 bits per heavy atom. The smallest absolute Gasteiger partial charge is 0.261 e. The molecule has 1 saturated carbocycles. The third-order valence-corrected chi connectivity index (χ3v) is 11.1. The van der Waals surface area contributed by atoms with Crippen LogP contribution in [0.3, 0.4) is 0 Å². The molecule has 1 N–H and O–H groups in total. The van der Waals surface area contributed by atoms with Crippen molar-refractivity contribution < 1.29 is 9.53 Å². The van der Waals surface area contributed by atoms with Crippen LogP contribution in [0.1, 0.15) is 33.6 Å². The average Bonchev–Trinajstić information content (AvgIpc) is 2.64. The second kappa shape index (κ2) is 8.13. The molecule has 0 aliphatic heterocycles. The standard InChI is InChI=1S/C24H32O2Si/c1-5-23(25)22-17-16-19(22)18-26-27(24(2,3)4,20-12-8-6-9-13-20)21-14-10-7-11-15-21/h5-15,19,22-23,25H,1,16-18H2,2-4H3/t19-,22+,23?/m0/s1. The van der Waals surface area contributed by atoms with E-state index in [0.717, 1.165) is 12.8 Å². The molecule has 1 unspecified atom stereocenters. The summed E-state index contributed by atoms with van der Waals surface area (Å²) in [5.41, 5.74) is 0. The third kappa shape index (κ3) is 3.82. The van der Waals surface area contributed by atoms with Gasteiger partial charge in [0.1, 0.15) is 0 Å². The van der Waals surface area contributed by atoms with Crippen LogP contribution in [0.4, 0.5) is 0 Å². The maximum absolute atomic E-state index is 10.2. The molecule has 27 heavy (non-hydrogen) atoms. The maximum atomic E-state index is 10.2. The van der Waals surface area contributed by atoms with Gasteiger partial charge in [0, 0.05) is 6.61 Å². The van der Waals surface area contributed by atoms with Gasteiger partial charge in [0.25, 0.3) is 8.32 Å². The highest BCUT2D eigenvalue weighted by Gasteiger charge is 2.51. The van der Waals surface area contributed by atoms with Gasteiger partial charge < -0.3 is 9.53 Å². The Balaban J connectivity index is 1.98. The number of hydrogen-bond donors (Lipinski definition) is 1. The highest BCUT2D eigenvalue weighted by Crippen LogP contribution is 2.41. The fourth-order valence-electron chi connectivity index (χ4n) is 4.42. The zero-order valence-corrected chi connectivity index (χ0v) is 17.8. The Morgan fingerprint density at radius 3 is 1.93 bits per heavy atom. The second-order valence-electron chi connectivity index (χ2n) is 8.70. The highest BCUT2D eigenvalue weighted by molar-refractivity contribution is 6.99. The minimum absolute atomic E-state index is 0.00793. The molecular weight excluding hydrogens is 348 g/mol. The Bertz CT molecular complexity index is 696. The van der Waals surface area contributed by atoms with E-state index in [2.05, 4.69) is 88.0 Å².